The van der Waals surface area contributed by atoms with Crippen molar-refractivity contribution in [2.45, 2.75) is 31.3 Å². The van der Waals surface area contributed by atoms with Gasteiger partial charge in [-0.2, -0.15) is 0 Å². The van der Waals surface area contributed by atoms with Crippen molar-refractivity contribution < 1.29 is 14.6 Å². The van der Waals surface area contributed by atoms with E-state index >= 15 is 0 Å². The van der Waals surface area contributed by atoms with Crippen molar-refractivity contribution in [3.63, 3.8) is 0 Å². The Hall–Kier alpha value is -0.900. The van der Waals surface area contributed by atoms with Crippen LogP contribution < -0.4 is 0 Å². The minimum atomic E-state index is -0.237. The van der Waals surface area contributed by atoms with Crippen LogP contribution in [-0.2, 0) is 16.1 Å². The molecule has 0 aromatic heterocycles. The van der Waals surface area contributed by atoms with Gasteiger partial charge in [0.2, 0.25) is 0 Å². The highest BCUT2D eigenvalue weighted by Crippen LogP contribution is 2.43. The number of aliphatic hydroxyl groups excluding tert-OH is 1. The van der Waals surface area contributed by atoms with Crippen LogP contribution in [0.4, 0.5) is 0 Å². The van der Waals surface area contributed by atoms with E-state index in [1.165, 1.54) is 5.56 Å². The van der Waals surface area contributed by atoms with Gasteiger partial charge in [0, 0.05) is 12.3 Å². The first-order valence-corrected chi connectivity index (χ1v) is 5.80. The summed E-state index contributed by atoms with van der Waals surface area (Å²) in [5.41, 5.74) is 1.17. The third kappa shape index (κ3) is 1.98. The van der Waals surface area contributed by atoms with Gasteiger partial charge in [0.1, 0.15) is 0 Å². The van der Waals surface area contributed by atoms with Gasteiger partial charge in [-0.15, -0.1) is 0 Å². The van der Waals surface area contributed by atoms with Crippen molar-refractivity contribution >= 4 is 0 Å². The summed E-state index contributed by atoms with van der Waals surface area (Å²) < 4.78 is 11.0. The maximum absolute atomic E-state index is 9.73. The third-order valence-electron chi connectivity index (χ3n) is 3.43. The van der Waals surface area contributed by atoms with E-state index in [4.69, 9.17) is 9.47 Å². The van der Waals surface area contributed by atoms with E-state index in [9.17, 15) is 5.11 Å². The molecule has 1 aliphatic heterocycles. The summed E-state index contributed by atoms with van der Waals surface area (Å²) in [5.74, 6) is 0.175. The summed E-state index contributed by atoms with van der Waals surface area (Å²) in [6.45, 7) is 1.21. The van der Waals surface area contributed by atoms with Crippen molar-refractivity contribution in [1.82, 2.24) is 0 Å². The normalized spacial score (nSPS) is 36.1. The zero-order valence-electron chi connectivity index (χ0n) is 9.08. The quantitative estimate of drug-likeness (QED) is 0.779. The minimum absolute atomic E-state index is 0.175. The number of hydrogen-bond donors (Lipinski definition) is 1. The molecule has 1 aromatic rings. The summed E-state index contributed by atoms with van der Waals surface area (Å²) >= 11 is 0. The van der Waals surface area contributed by atoms with E-state index in [1.807, 2.05) is 30.3 Å². The number of hydrogen-bond acceptors (Lipinski definition) is 3. The molecule has 0 unspecified atom stereocenters. The molecule has 1 aromatic carbocycles. The fourth-order valence-corrected chi connectivity index (χ4v) is 2.45. The molecule has 1 heterocycles. The van der Waals surface area contributed by atoms with E-state index in [1.54, 1.807) is 0 Å². The highest BCUT2D eigenvalue weighted by Gasteiger charge is 2.55. The van der Waals surface area contributed by atoms with E-state index in [-0.39, 0.29) is 18.1 Å². The van der Waals surface area contributed by atoms with Crippen LogP contribution in [0.5, 0.6) is 0 Å². The topological polar surface area (TPSA) is 42.0 Å². The highest BCUT2D eigenvalue weighted by molar-refractivity contribution is 5.13. The number of rotatable bonds is 4. The lowest BCUT2D eigenvalue weighted by Gasteiger charge is -2.16. The Labute approximate surface area is 95.0 Å². The zero-order chi connectivity index (χ0) is 11.0. The molecule has 0 bridgehead atoms. The van der Waals surface area contributed by atoms with E-state index in [0.29, 0.717) is 19.3 Å². The molecular formula is C13H16O3. The first kappa shape index (κ1) is 10.3. The van der Waals surface area contributed by atoms with Crippen molar-refractivity contribution in [3.8, 4) is 0 Å². The average molecular weight is 220 g/mol. The van der Waals surface area contributed by atoms with Crippen molar-refractivity contribution in [1.29, 1.82) is 0 Å². The Balaban J connectivity index is 1.47. The Bertz CT molecular complexity index is 349. The van der Waals surface area contributed by atoms with Gasteiger partial charge >= 0.3 is 0 Å². The van der Waals surface area contributed by atoms with Crippen LogP contribution in [0.15, 0.2) is 30.3 Å². The van der Waals surface area contributed by atoms with Gasteiger partial charge < -0.3 is 14.6 Å². The lowest BCUT2D eigenvalue weighted by Crippen LogP contribution is -2.25. The maximum atomic E-state index is 9.73. The van der Waals surface area contributed by atoms with Crippen LogP contribution in [0, 0.1) is 5.92 Å². The SMILES string of the molecule is O[C@H]1C[C@@H]2O[C@H]2[C@@H]1COCc1ccccc1. The van der Waals surface area contributed by atoms with Crippen molar-refractivity contribution in [3.05, 3.63) is 35.9 Å². The Morgan fingerprint density at radius 3 is 2.81 bits per heavy atom. The number of fused-ring (bicyclic) bond motifs is 1. The second kappa shape index (κ2) is 4.17. The molecule has 16 heavy (non-hydrogen) atoms. The van der Waals surface area contributed by atoms with Crippen LogP contribution in [0.3, 0.4) is 0 Å². The van der Waals surface area contributed by atoms with E-state index < -0.39 is 0 Å². The molecule has 2 aliphatic rings. The third-order valence-corrected chi connectivity index (χ3v) is 3.43. The van der Waals surface area contributed by atoms with Crippen molar-refractivity contribution in [2.24, 2.45) is 5.92 Å². The molecular weight excluding hydrogens is 204 g/mol. The van der Waals surface area contributed by atoms with Gasteiger partial charge in [-0.1, -0.05) is 30.3 Å². The van der Waals surface area contributed by atoms with Gasteiger partial charge in [-0.25, -0.2) is 0 Å². The van der Waals surface area contributed by atoms with E-state index in [0.717, 1.165) is 6.42 Å². The lowest BCUT2D eigenvalue weighted by atomic mass is 10.1. The van der Waals surface area contributed by atoms with Gasteiger partial charge in [-0.05, 0) is 5.56 Å². The predicted molar refractivity (Wildman–Crippen MR) is 58.9 cm³/mol. The van der Waals surface area contributed by atoms with Gasteiger partial charge in [0.05, 0.1) is 31.5 Å². The Kier molecular flexibility index (Phi) is 2.67. The van der Waals surface area contributed by atoms with Crippen LogP contribution in [0.25, 0.3) is 0 Å². The molecule has 2 fully saturated rings. The summed E-state index contributed by atoms with van der Waals surface area (Å²) in [7, 11) is 0. The molecule has 3 heteroatoms. The summed E-state index contributed by atoms with van der Waals surface area (Å²) in [6.07, 6.45) is 1.11. The van der Waals surface area contributed by atoms with Crippen LogP contribution >= 0.6 is 0 Å². The summed E-state index contributed by atoms with van der Waals surface area (Å²) in [4.78, 5) is 0. The molecule has 3 rings (SSSR count). The first-order chi connectivity index (χ1) is 7.84. The second-order valence-corrected chi connectivity index (χ2v) is 4.61. The number of ether oxygens (including phenoxy) is 2. The van der Waals surface area contributed by atoms with Gasteiger partial charge in [0.15, 0.2) is 0 Å². The lowest BCUT2D eigenvalue weighted by molar-refractivity contribution is 0.00570. The molecule has 1 aliphatic carbocycles. The van der Waals surface area contributed by atoms with Gasteiger partial charge in [0.25, 0.3) is 0 Å². The van der Waals surface area contributed by atoms with E-state index in [2.05, 4.69) is 0 Å². The molecule has 0 amide bonds. The minimum Gasteiger partial charge on any atom is -0.393 e. The number of aliphatic hydroxyl groups is 1. The second-order valence-electron chi connectivity index (χ2n) is 4.61. The molecule has 0 spiro atoms. The molecule has 3 nitrogen and oxygen atoms in total. The first-order valence-electron chi connectivity index (χ1n) is 5.80. The van der Waals surface area contributed by atoms with Crippen molar-refractivity contribution in [2.75, 3.05) is 6.61 Å². The molecule has 4 atom stereocenters. The average Bonchev–Trinajstić information content (AvgIpc) is 2.98. The molecule has 0 radical (unpaired) electrons. The summed E-state index contributed by atoms with van der Waals surface area (Å²) in [6, 6.07) is 10.1. The van der Waals surface area contributed by atoms with Crippen LogP contribution in [-0.4, -0.2) is 30.0 Å². The molecule has 1 N–H and O–H groups in total. The zero-order valence-corrected chi connectivity index (χ0v) is 9.08. The number of benzene rings is 1. The fraction of sp³-hybridized carbons (Fsp3) is 0.538. The Morgan fingerprint density at radius 2 is 2.12 bits per heavy atom. The molecule has 86 valence electrons. The Morgan fingerprint density at radius 1 is 1.31 bits per heavy atom. The monoisotopic (exact) mass is 220 g/mol. The van der Waals surface area contributed by atoms with Crippen LogP contribution in [0.1, 0.15) is 12.0 Å². The smallest absolute Gasteiger partial charge is 0.0917 e. The molecule has 1 saturated carbocycles. The fourth-order valence-electron chi connectivity index (χ4n) is 2.45. The van der Waals surface area contributed by atoms with Gasteiger partial charge in [-0.3, -0.25) is 0 Å². The maximum Gasteiger partial charge on any atom is 0.0917 e. The standard InChI is InChI=1S/C13H16O3/c14-11-6-12-13(16-12)10(11)8-15-7-9-4-2-1-3-5-9/h1-5,10-14H,6-8H2/t10-,11+,12+,13+/m1/s1. The largest absolute Gasteiger partial charge is 0.393 e. The highest BCUT2D eigenvalue weighted by atomic mass is 16.6. The molecule has 1 saturated heterocycles. The van der Waals surface area contributed by atoms with Crippen LogP contribution in [0.2, 0.25) is 0 Å². The number of epoxide rings is 1. The predicted octanol–water partition coefficient (Wildman–Crippen LogP) is 1.35. The summed E-state index contributed by atoms with van der Waals surface area (Å²) in [5, 5.41) is 9.73.